The monoisotopic (exact) mass is 510 g/mol. The fraction of sp³-hybridized carbons (Fsp3) is 0.333. The molecule has 0 amide bonds. The van der Waals surface area contributed by atoms with Crippen LogP contribution in [0, 0.1) is 5.82 Å². The maximum atomic E-state index is 15.2. The zero-order valence-electron chi connectivity index (χ0n) is 20.8. The van der Waals surface area contributed by atoms with Crippen LogP contribution in [0.15, 0.2) is 67.0 Å². The molecule has 0 saturated heterocycles. The van der Waals surface area contributed by atoms with Crippen LogP contribution in [0.4, 0.5) is 17.6 Å². The summed E-state index contributed by atoms with van der Waals surface area (Å²) in [6, 6.07) is 16.0. The number of fused-ring (bicyclic) bond motifs is 1. The summed E-state index contributed by atoms with van der Waals surface area (Å²) in [5.41, 5.74) is 3.77. The molecule has 0 bridgehead atoms. The third-order valence-electron chi connectivity index (χ3n) is 6.32. The van der Waals surface area contributed by atoms with Crippen molar-refractivity contribution in [2.24, 2.45) is 0 Å². The van der Waals surface area contributed by atoms with Gasteiger partial charge in [0, 0.05) is 24.2 Å². The molecule has 194 valence electrons. The number of aryl methyl sites for hydroxylation is 5. The van der Waals surface area contributed by atoms with E-state index in [4.69, 9.17) is 4.74 Å². The van der Waals surface area contributed by atoms with Crippen molar-refractivity contribution < 1.29 is 22.3 Å². The van der Waals surface area contributed by atoms with Crippen LogP contribution in [0.3, 0.4) is 0 Å². The van der Waals surface area contributed by atoms with Crippen molar-refractivity contribution in [3.8, 4) is 5.75 Å². The molecule has 4 aromatic rings. The molecule has 4 rings (SSSR count). The second-order valence-electron chi connectivity index (χ2n) is 9.25. The van der Waals surface area contributed by atoms with Crippen molar-refractivity contribution in [1.82, 2.24) is 9.97 Å². The Labute approximate surface area is 214 Å². The number of benzene rings is 3. The lowest BCUT2D eigenvalue weighted by Crippen LogP contribution is -2.19. The van der Waals surface area contributed by atoms with E-state index in [-0.39, 0.29) is 11.6 Å². The highest BCUT2D eigenvalue weighted by atomic mass is 19.4. The summed E-state index contributed by atoms with van der Waals surface area (Å²) in [5, 5.41) is 1.43. The summed E-state index contributed by atoms with van der Waals surface area (Å²) in [6.07, 6.45) is 5.27. The van der Waals surface area contributed by atoms with Gasteiger partial charge in [-0.25, -0.2) is 14.4 Å². The molecule has 0 fully saturated rings. The fourth-order valence-electron chi connectivity index (χ4n) is 4.21. The van der Waals surface area contributed by atoms with Gasteiger partial charge in [-0.15, -0.1) is 0 Å². The normalized spacial score (nSPS) is 11.7. The van der Waals surface area contributed by atoms with Gasteiger partial charge in [-0.2, -0.15) is 13.2 Å². The van der Waals surface area contributed by atoms with Crippen LogP contribution in [-0.4, -0.2) is 22.8 Å². The van der Waals surface area contributed by atoms with Gasteiger partial charge in [0.25, 0.3) is 0 Å². The molecule has 3 nitrogen and oxygen atoms in total. The van der Waals surface area contributed by atoms with Crippen molar-refractivity contribution >= 4 is 10.8 Å². The number of unbranched alkanes of at least 4 members (excludes halogenated alkanes) is 1. The van der Waals surface area contributed by atoms with Crippen molar-refractivity contribution in [1.29, 1.82) is 0 Å². The zero-order chi connectivity index (χ0) is 26.3. The Morgan fingerprint density at radius 3 is 2.16 bits per heavy atom. The van der Waals surface area contributed by atoms with Crippen LogP contribution >= 0.6 is 0 Å². The number of hydrogen-bond acceptors (Lipinski definition) is 3. The Balaban J connectivity index is 1.34. The molecule has 7 heteroatoms. The van der Waals surface area contributed by atoms with E-state index in [1.807, 2.05) is 36.7 Å². The van der Waals surface area contributed by atoms with Gasteiger partial charge in [-0.1, -0.05) is 55.8 Å². The quantitative estimate of drug-likeness (QED) is 0.195. The topological polar surface area (TPSA) is 35.0 Å². The highest BCUT2D eigenvalue weighted by molar-refractivity contribution is 5.84. The Morgan fingerprint density at radius 1 is 0.757 bits per heavy atom. The molecule has 0 radical (unpaired) electrons. The van der Waals surface area contributed by atoms with E-state index in [0.717, 1.165) is 60.0 Å². The van der Waals surface area contributed by atoms with Crippen LogP contribution in [0.5, 0.6) is 5.75 Å². The molecule has 0 aliphatic rings. The summed E-state index contributed by atoms with van der Waals surface area (Å²) >= 11 is 0. The summed E-state index contributed by atoms with van der Waals surface area (Å²) < 4.78 is 56.8. The molecule has 1 heterocycles. The van der Waals surface area contributed by atoms with E-state index in [1.165, 1.54) is 12.1 Å². The van der Waals surface area contributed by atoms with Gasteiger partial charge in [-0.05, 0) is 71.9 Å². The lowest BCUT2D eigenvalue weighted by atomic mass is 9.98. The minimum absolute atomic E-state index is 0.157. The van der Waals surface area contributed by atoms with E-state index < -0.39 is 12.8 Å². The molecule has 0 saturated carbocycles. The average molecular weight is 511 g/mol. The molecule has 0 unspecified atom stereocenters. The lowest BCUT2D eigenvalue weighted by Gasteiger charge is -2.10. The van der Waals surface area contributed by atoms with E-state index in [9.17, 15) is 13.2 Å². The Kier molecular flexibility index (Phi) is 8.74. The molecule has 0 spiro atoms. The van der Waals surface area contributed by atoms with E-state index in [0.29, 0.717) is 23.8 Å². The van der Waals surface area contributed by atoms with Crippen LogP contribution in [0.2, 0.25) is 0 Å². The Morgan fingerprint density at radius 2 is 1.46 bits per heavy atom. The zero-order valence-corrected chi connectivity index (χ0v) is 20.8. The van der Waals surface area contributed by atoms with Crippen LogP contribution in [0.25, 0.3) is 10.8 Å². The minimum atomic E-state index is -4.37. The van der Waals surface area contributed by atoms with Gasteiger partial charge in [0.15, 0.2) is 6.61 Å². The summed E-state index contributed by atoms with van der Waals surface area (Å²) in [6.45, 7) is 0.841. The van der Waals surface area contributed by atoms with Crippen molar-refractivity contribution in [2.75, 3.05) is 6.61 Å². The van der Waals surface area contributed by atoms with E-state index in [2.05, 4.69) is 16.9 Å². The predicted molar refractivity (Wildman–Crippen MR) is 137 cm³/mol. The fourth-order valence-corrected chi connectivity index (χ4v) is 4.21. The number of aromatic nitrogens is 2. The van der Waals surface area contributed by atoms with Crippen molar-refractivity contribution in [2.45, 2.75) is 58.0 Å². The second-order valence-corrected chi connectivity index (χ2v) is 9.25. The Bertz CT molecular complexity index is 1300. The lowest BCUT2D eigenvalue weighted by molar-refractivity contribution is -0.153. The minimum Gasteiger partial charge on any atom is -0.484 e. The summed E-state index contributed by atoms with van der Waals surface area (Å²) in [4.78, 5) is 8.96. The van der Waals surface area contributed by atoms with Crippen molar-refractivity contribution in [3.63, 3.8) is 0 Å². The number of alkyl halides is 3. The first-order chi connectivity index (χ1) is 17.8. The third kappa shape index (κ3) is 7.75. The number of hydrogen-bond donors (Lipinski definition) is 0. The summed E-state index contributed by atoms with van der Waals surface area (Å²) in [7, 11) is 0. The first-order valence-electron chi connectivity index (χ1n) is 12.6. The van der Waals surface area contributed by atoms with Crippen molar-refractivity contribution in [3.05, 3.63) is 101 Å². The molecule has 37 heavy (non-hydrogen) atoms. The SMILES string of the molecule is CCCCc1cnc(CCc2ccc3c(F)c(CCc4ccc(OCC(F)(F)F)cc4)ccc3c2)nc1. The van der Waals surface area contributed by atoms with Crippen LogP contribution in [0.1, 0.15) is 47.8 Å². The average Bonchev–Trinajstić information content (AvgIpc) is 2.90. The largest absolute Gasteiger partial charge is 0.484 e. The molecular formula is C30H30F4N2O. The van der Waals surface area contributed by atoms with Gasteiger partial charge in [0.1, 0.15) is 17.4 Å². The van der Waals surface area contributed by atoms with Crippen LogP contribution in [-0.2, 0) is 32.1 Å². The molecule has 3 aromatic carbocycles. The van der Waals surface area contributed by atoms with Gasteiger partial charge in [0.2, 0.25) is 0 Å². The highest BCUT2D eigenvalue weighted by Crippen LogP contribution is 2.25. The molecular weight excluding hydrogens is 480 g/mol. The molecule has 0 aliphatic heterocycles. The van der Waals surface area contributed by atoms with Gasteiger partial charge in [-0.3, -0.25) is 0 Å². The van der Waals surface area contributed by atoms with E-state index >= 15 is 4.39 Å². The molecule has 0 atom stereocenters. The number of nitrogens with zero attached hydrogens (tertiary/aromatic N) is 2. The van der Waals surface area contributed by atoms with E-state index in [1.54, 1.807) is 18.2 Å². The van der Waals surface area contributed by atoms with Crippen LogP contribution < -0.4 is 4.74 Å². The standard InChI is InChI=1S/C30H30F4N2O/c1-2-3-4-23-18-35-28(36-19-23)16-9-22-8-15-27-25(17-22)12-11-24(29(27)31)10-5-21-6-13-26(14-7-21)37-20-30(32,33)34/h6-8,11-15,17-19H,2-5,9-10,16,20H2,1H3. The smallest absolute Gasteiger partial charge is 0.422 e. The molecule has 1 aromatic heterocycles. The van der Waals surface area contributed by atoms with Gasteiger partial charge in [0.05, 0.1) is 0 Å². The first-order valence-corrected chi connectivity index (χ1v) is 12.6. The number of halogens is 4. The number of ether oxygens (including phenoxy) is 1. The highest BCUT2D eigenvalue weighted by Gasteiger charge is 2.28. The maximum Gasteiger partial charge on any atom is 0.422 e. The Hall–Kier alpha value is -3.48. The third-order valence-corrected chi connectivity index (χ3v) is 6.32. The predicted octanol–water partition coefficient (Wildman–Crippen LogP) is 7.62. The number of rotatable bonds is 11. The first kappa shape index (κ1) is 26.6. The van der Waals surface area contributed by atoms with Gasteiger partial charge >= 0.3 is 6.18 Å². The summed E-state index contributed by atoms with van der Waals surface area (Å²) in [5.74, 6) is 0.728. The molecule has 0 aliphatic carbocycles. The molecule has 0 N–H and O–H groups in total. The maximum absolute atomic E-state index is 15.2. The second kappa shape index (κ2) is 12.2. The van der Waals surface area contributed by atoms with Gasteiger partial charge < -0.3 is 4.74 Å².